The van der Waals surface area contributed by atoms with Gasteiger partial charge in [0.1, 0.15) is 36.3 Å². The van der Waals surface area contributed by atoms with E-state index in [0.717, 1.165) is 5.56 Å². The number of imidazole rings is 1. The average Bonchev–Trinajstić information content (AvgIpc) is 3.85. The number of aromatic nitrogens is 2. The highest BCUT2D eigenvalue weighted by Crippen LogP contribution is 2.22. The highest BCUT2D eigenvalue weighted by Gasteiger charge is 2.41. The molecule has 1 saturated heterocycles. The van der Waals surface area contributed by atoms with Gasteiger partial charge in [-0.1, -0.05) is 71.9 Å². The first-order valence-electron chi connectivity index (χ1n) is 19.7. The molecule has 0 unspecified atom stereocenters. The molecule has 1 aliphatic rings. The molecule has 0 bridgehead atoms. The second kappa shape index (κ2) is 21.8. The van der Waals surface area contributed by atoms with Crippen molar-refractivity contribution < 1.29 is 38.7 Å². The first-order valence-corrected chi connectivity index (χ1v) is 19.7. The fourth-order valence-corrected chi connectivity index (χ4v) is 6.65. The molecule has 0 saturated carbocycles. The van der Waals surface area contributed by atoms with Crippen LogP contribution in [-0.4, -0.2) is 110 Å². The number of nitrogens with two attached hydrogens (primary N) is 1. The van der Waals surface area contributed by atoms with Crippen molar-refractivity contribution in [2.75, 3.05) is 6.54 Å². The van der Waals surface area contributed by atoms with Gasteiger partial charge in [-0.25, -0.2) is 9.78 Å². The number of hydrogen-bond donors (Lipinski definition) is 8. The molecule has 2 aromatic rings. The molecular weight excluding hydrogens is 734 g/mol. The molecule has 0 radical (unpaired) electrons. The SMILES string of the molecule is CC(C)C[C@H](NC(=O)[C@H](C)NC(=O)[C@@H](N)Cc1ccccc1)C(=O)N[C@H](C(=O)N1CCC[C@H]1C(=O)N[C@@H](CC(C)C)C(=O)N[C@@H](Cc1cnc[nH]1)C(=O)O)C(C)C. The lowest BCUT2D eigenvalue weighted by atomic mass is 9.98. The fraction of sp³-hybridized carbons (Fsp3) is 0.600. The Morgan fingerprint density at radius 3 is 1.95 bits per heavy atom. The molecular formula is C40H61N9O8. The smallest absolute Gasteiger partial charge is 0.326 e. The number of carboxylic acids is 1. The van der Waals surface area contributed by atoms with Crippen molar-refractivity contribution in [2.24, 2.45) is 23.5 Å². The predicted octanol–water partition coefficient (Wildman–Crippen LogP) is 0.790. The molecule has 1 aliphatic heterocycles. The summed E-state index contributed by atoms with van der Waals surface area (Å²) in [6, 6.07) is 1.93. The summed E-state index contributed by atoms with van der Waals surface area (Å²) < 4.78 is 0. The van der Waals surface area contributed by atoms with E-state index < -0.39 is 89.6 Å². The molecule has 9 N–H and O–H groups in total. The summed E-state index contributed by atoms with van der Waals surface area (Å²) in [5.74, 6) is -5.19. The summed E-state index contributed by atoms with van der Waals surface area (Å²) in [4.78, 5) is 101. The van der Waals surface area contributed by atoms with E-state index in [0.29, 0.717) is 18.5 Å². The molecule has 17 heteroatoms. The highest BCUT2D eigenvalue weighted by atomic mass is 16.4. The zero-order valence-electron chi connectivity index (χ0n) is 34.0. The fourth-order valence-electron chi connectivity index (χ4n) is 6.65. The minimum atomic E-state index is -1.28. The number of likely N-dealkylation sites (tertiary alicyclic amines) is 1. The number of carboxylic acid groups (broad SMARTS) is 1. The largest absolute Gasteiger partial charge is 0.480 e. The van der Waals surface area contributed by atoms with Gasteiger partial charge in [-0.15, -0.1) is 0 Å². The predicted molar refractivity (Wildman–Crippen MR) is 212 cm³/mol. The van der Waals surface area contributed by atoms with Gasteiger partial charge in [-0.3, -0.25) is 28.8 Å². The number of hydrogen-bond acceptors (Lipinski definition) is 9. The summed E-state index contributed by atoms with van der Waals surface area (Å²) in [6.07, 6.45) is 4.36. The van der Waals surface area contributed by atoms with E-state index in [9.17, 15) is 38.7 Å². The standard InChI is InChI=1S/C40H61N9O8/c1-22(2)16-29(36(52)47-31(40(56)57)19-27-20-42-21-43-27)46-38(54)32-14-11-15-49(32)39(55)33(24(5)6)48-37(53)30(17-23(3)4)45-34(50)25(7)44-35(51)28(41)18-26-12-9-8-10-13-26/h8-10,12-13,20-25,28-33H,11,14-19,41H2,1-7H3,(H,42,43)(H,44,51)(H,45,50)(H,46,54)(H,47,52)(H,48,53)(H,56,57)/t25-,28-,29-,30-,31-,32-,33-/m0/s1. The van der Waals surface area contributed by atoms with Crippen molar-refractivity contribution in [1.29, 1.82) is 0 Å². The minimum absolute atomic E-state index is 0.0302. The van der Waals surface area contributed by atoms with Gasteiger partial charge >= 0.3 is 5.97 Å². The third-order valence-electron chi connectivity index (χ3n) is 9.73. The van der Waals surface area contributed by atoms with Gasteiger partial charge in [0.15, 0.2) is 0 Å². The molecule has 3 rings (SSSR count). The summed E-state index contributed by atoms with van der Waals surface area (Å²) in [5.41, 5.74) is 7.48. The van der Waals surface area contributed by atoms with Crippen LogP contribution in [0.5, 0.6) is 0 Å². The Morgan fingerprint density at radius 2 is 1.39 bits per heavy atom. The Balaban J connectivity index is 1.68. The highest BCUT2D eigenvalue weighted by molar-refractivity contribution is 5.97. The second-order valence-corrected chi connectivity index (χ2v) is 16.0. The van der Waals surface area contributed by atoms with Crippen LogP contribution in [0.25, 0.3) is 0 Å². The van der Waals surface area contributed by atoms with Crippen LogP contribution in [-0.2, 0) is 46.4 Å². The van der Waals surface area contributed by atoms with Crippen LogP contribution in [0.15, 0.2) is 42.9 Å². The molecule has 7 atom stereocenters. The average molecular weight is 796 g/mol. The molecule has 1 aromatic carbocycles. The van der Waals surface area contributed by atoms with Gasteiger partial charge in [0.25, 0.3) is 0 Å². The quantitative estimate of drug-likeness (QED) is 0.0882. The van der Waals surface area contributed by atoms with E-state index in [4.69, 9.17) is 5.73 Å². The van der Waals surface area contributed by atoms with Crippen LogP contribution in [0.3, 0.4) is 0 Å². The van der Waals surface area contributed by atoms with E-state index in [2.05, 4.69) is 36.6 Å². The number of carbonyl (C=O) groups is 7. The van der Waals surface area contributed by atoms with E-state index >= 15 is 0 Å². The van der Waals surface area contributed by atoms with Crippen LogP contribution in [0.4, 0.5) is 0 Å². The third-order valence-corrected chi connectivity index (χ3v) is 9.73. The van der Waals surface area contributed by atoms with Crippen LogP contribution in [0, 0.1) is 17.8 Å². The molecule has 17 nitrogen and oxygen atoms in total. The van der Waals surface area contributed by atoms with Crippen molar-refractivity contribution >= 4 is 41.4 Å². The number of nitrogens with one attached hydrogen (secondary N) is 6. The van der Waals surface area contributed by atoms with Gasteiger partial charge in [-0.2, -0.15) is 0 Å². The van der Waals surface area contributed by atoms with Crippen molar-refractivity contribution in [3.63, 3.8) is 0 Å². The Morgan fingerprint density at radius 1 is 0.789 bits per heavy atom. The molecule has 2 heterocycles. The maximum absolute atomic E-state index is 14.1. The van der Waals surface area contributed by atoms with Gasteiger partial charge in [0, 0.05) is 24.9 Å². The number of benzene rings is 1. The summed E-state index contributed by atoms with van der Waals surface area (Å²) in [7, 11) is 0. The third kappa shape index (κ3) is 14.3. The van der Waals surface area contributed by atoms with Crippen molar-refractivity contribution in [2.45, 2.75) is 129 Å². The summed E-state index contributed by atoms with van der Waals surface area (Å²) >= 11 is 0. The maximum Gasteiger partial charge on any atom is 0.326 e. The molecule has 6 amide bonds. The number of H-pyrrole nitrogens is 1. The van der Waals surface area contributed by atoms with Gasteiger partial charge in [-0.05, 0) is 62.3 Å². The van der Waals surface area contributed by atoms with Crippen LogP contribution in [0.1, 0.15) is 85.4 Å². The monoisotopic (exact) mass is 795 g/mol. The zero-order chi connectivity index (χ0) is 42.4. The Labute approximate surface area is 334 Å². The van der Waals surface area contributed by atoms with Crippen molar-refractivity contribution in [3.05, 3.63) is 54.1 Å². The van der Waals surface area contributed by atoms with Crippen LogP contribution >= 0.6 is 0 Å². The van der Waals surface area contributed by atoms with E-state index in [1.807, 2.05) is 58.0 Å². The molecule has 0 spiro atoms. The van der Waals surface area contributed by atoms with Gasteiger partial charge < -0.3 is 47.3 Å². The maximum atomic E-state index is 14.1. The van der Waals surface area contributed by atoms with Crippen LogP contribution in [0.2, 0.25) is 0 Å². The van der Waals surface area contributed by atoms with E-state index in [1.165, 1.54) is 24.3 Å². The van der Waals surface area contributed by atoms with Gasteiger partial charge in [0.2, 0.25) is 35.4 Å². The number of aliphatic carboxylic acids is 1. The molecule has 1 aromatic heterocycles. The molecule has 1 fully saturated rings. The second-order valence-electron chi connectivity index (χ2n) is 16.0. The normalized spacial score (nSPS) is 17.2. The first-order chi connectivity index (χ1) is 26.9. The van der Waals surface area contributed by atoms with Crippen LogP contribution < -0.4 is 32.3 Å². The van der Waals surface area contributed by atoms with Crippen molar-refractivity contribution in [1.82, 2.24) is 41.5 Å². The first kappa shape index (κ1) is 46.1. The van der Waals surface area contributed by atoms with Crippen molar-refractivity contribution in [3.8, 4) is 0 Å². The lowest BCUT2D eigenvalue weighted by Gasteiger charge is -2.32. The molecule has 314 valence electrons. The topological polar surface area (TPSA) is 258 Å². The number of aromatic amines is 1. The molecule has 57 heavy (non-hydrogen) atoms. The minimum Gasteiger partial charge on any atom is -0.480 e. The zero-order valence-corrected chi connectivity index (χ0v) is 34.0. The summed E-state index contributed by atoms with van der Waals surface area (Å²) in [6.45, 7) is 12.7. The van der Waals surface area contributed by atoms with E-state index in [-0.39, 0.29) is 44.1 Å². The number of amides is 6. The molecule has 0 aliphatic carbocycles. The number of rotatable bonds is 21. The lowest BCUT2D eigenvalue weighted by molar-refractivity contribution is -0.144. The summed E-state index contributed by atoms with van der Waals surface area (Å²) in [5, 5.41) is 23.2. The number of carbonyl (C=O) groups excluding carboxylic acids is 6. The Kier molecular flexibility index (Phi) is 17.6. The lowest BCUT2D eigenvalue weighted by Crippen LogP contribution is -2.60. The Bertz CT molecular complexity index is 1670. The van der Waals surface area contributed by atoms with Gasteiger partial charge in [0.05, 0.1) is 12.4 Å². The number of nitrogens with zero attached hydrogens (tertiary/aromatic N) is 2. The van der Waals surface area contributed by atoms with E-state index in [1.54, 1.807) is 13.8 Å². The Hall–Kier alpha value is -5.32.